The van der Waals surface area contributed by atoms with E-state index in [9.17, 15) is 9.59 Å². The smallest absolute Gasteiger partial charge is 0.307 e. The molecule has 3 rings (SSSR count). The van der Waals surface area contributed by atoms with Crippen LogP contribution in [-0.4, -0.2) is 37.2 Å². The van der Waals surface area contributed by atoms with Crippen molar-refractivity contribution in [2.24, 2.45) is 11.7 Å². The van der Waals surface area contributed by atoms with Crippen molar-refractivity contribution < 1.29 is 14.7 Å². The molecular weight excluding hydrogens is 262 g/mol. The molecule has 0 bridgehead atoms. The highest BCUT2D eigenvalue weighted by molar-refractivity contribution is 5.92. The van der Waals surface area contributed by atoms with Crippen LogP contribution in [0, 0.1) is 5.92 Å². The number of nitrogens with zero attached hydrogens (tertiary/aromatic N) is 4. The summed E-state index contributed by atoms with van der Waals surface area (Å²) in [6, 6.07) is 6.48. The second kappa shape index (κ2) is 4.41. The number of benzene rings is 1. The topological polar surface area (TPSA) is 124 Å². The number of carbonyl (C=O) groups is 2. The monoisotopic (exact) mass is 273 g/mol. The Bertz CT molecular complexity index is 679. The van der Waals surface area contributed by atoms with Crippen molar-refractivity contribution in [2.75, 3.05) is 0 Å². The average molecular weight is 273 g/mol. The van der Waals surface area contributed by atoms with Gasteiger partial charge in [-0.15, -0.1) is 5.10 Å². The van der Waals surface area contributed by atoms with E-state index in [0.717, 1.165) is 0 Å². The van der Waals surface area contributed by atoms with E-state index in [-0.39, 0.29) is 5.92 Å². The fraction of sp³-hybridized carbons (Fsp3) is 0.250. The first-order valence-electron chi connectivity index (χ1n) is 5.99. The number of amides is 1. The van der Waals surface area contributed by atoms with E-state index in [1.165, 1.54) is 4.68 Å². The van der Waals surface area contributed by atoms with Gasteiger partial charge in [0.05, 0.1) is 11.6 Å². The van der Waals surface area contributed by atoms with Crippen molar-refractivity contribution in [3.05, 3.63) is 35.7 Å². The lowest BCUT2D eigenvalue weighted by Crippen LogP contribution is -2.11. The highest BCUT2D eigenvalue weighted by Crippen LogP contribution is 2.46. The molecule has 1 aromatic carbocycles. The van der Waals surface area contributed by atoms with Crippen molar-refractivity contribution in [2.45, 2.75) is 12.3 Å². The van der Waals surface area contributed by atoms with E-state index in [0.29, 0.717) is 23.5 Å². The van der Waals surface area contributed by atoms with Gasteiger partial charge >= 0.3 is 5.97 Å². The molecule has 102 valence electrons. The highest BCUT2D eigenvalue weighted by Gasteiger charge is 2.47. The molecule has 0 aliphatic heterocycles. The number of hydrogen-bond donors (Lipinski definition) is 2. The van der Waals surface area contributed by atoms with Gasteiger partial charge < -0.3 is 10.8 Å². The van der Waals surface area contributed by atoms with Gasteiger partial charge in [-0.25, -0.2) is 0 Å². The number of aromatic nitrogens is 4. The quantitative estimate of drug-likeness (QED) is 0.804. The van der Waals surface area contributed by atoms with Crippen molar-refractivity contribution in [3.63, 3.8) is 0 Å². The van der Waals surface area contributed by atoms with Crippen LogP contribution >= 0.6 is 0 Å². The summed E-state index contributed by atoms with van der Waals surface area (Å²) >= 11 is 0. The fourth-order valence-corrected chi connectivity index (χ4v) is 2.13. The lowest BCUT2D eigenvalue weighted by molar-refractivity contribution is -0.138. The zero-order chi connectivity index (χ0) is 14.3. The molecule has 1 amide bonds. The molecule has 8 nitrogen and oxygen atoms in total. The first-order valence-corrected chi connectivity index (χ1v) is 5.99. The first kappa shape index (κ1) is 12.3. The number of carboxylic acids is 1. The van der Waals surface area contributed by atoms with E-state index in [4.69, 9.17) is 10.8 Å². The average Bonchev–Trinajstić information content (AvgIpc) is 3.09. The molecule has 2 atom stereocenters. The Morgan fingerprint density at radius 1 is 1.30 bits per heavy atom. The number of hydrogen-bond acceptors (Lipinski definition) is 5. The maximum atomic E-state index is 11.0. The zero-order valence-electron chi connectivity index (χ0n) is 10.3. The zero-order valence-corrected chi connectivity index (χ0v) is 10.3. The van der Waals surface area contributed by atoms with Gasteiger partial charge in [-0.3, -0.25) is 9.59 Å². The van der Waals surface area contributed by atoms with Crippen LogP contribution in [0.4, 0.5) is 0 Å². The van der Waals surface area contributed by atoms with Gasteiger partial charge in [0.1, 0.15) is 0 Å². The molecule has 2 unspecified atom stereocenters. The Hall–Kier alpha value is -2.77. The second-order valence-corrected chi connectivity index (χ2v) is 4.65. The van der Waals surface area contributed by atoms with Crippen molar-refractivity contribution in [3.8, 4) is 5.69 Å². The lowest BCUT2D eigenvalue weighted by Gasteiger charge is -2.04. The largest absolute Gasteiger partial charge is 0.481 e. The summed E-state index contributed by atoms with van der Waals surface area (Å²) in [5, 5.41) is 20.3. The van der Waals surface area contributed by atoms with Crippen LogP contribution in [0.2, 0.25) is 0 Å². The Morgan fingerprint density at radius 3 is 2.55 bits per heavy atom. The molecule has 20 heavy (non-hydrogen) atoms. The number of carbonyl (C=O) groups excluding carboxylic acids is 1. The normalized spacial score (nSPS) is 20.6. The van der Waals surface area contributed by atoms with Gasteiger partial charge in [-0.2, -0.15) is 4.68 Å². The molecule has 8 heteroatoms. The molecule has 1 aliphatic rings. The summed E-state index contributed by atoms with van der Waals surface area (Å²) in [6.45, 7) is 0. The number of primary amides is 1. The molecule has 1 aromatic heterocycles. The molecule has 1 aliphatic carbocycles. The van der Waals surface area contributed by atoms with Crippen LogP contribution in [0.15, 0.2) is 24.3 Å². The fourth-order valence-electron chi connectivity index (χ4n) is 2.13. The number of tetrazole rings is 1. The van der Waals surface area contributed by atoms with E-state index in [1.807, 2.05) is 0 Å². The molecular formula is C12H11N5O3. The van der Waals surface area contributed by atoms with Crippen LogP contribution in [0.3, 0.4) is 0 Å². The number of carboxylic acid groups (broad SMARTS) is 1. The summed E-state index contributed by atoms with van der Waals surface area (Å²) in [7, 11) is 0. The standard InChI is InChI=1S/C12H11N5O3/c13-10(18)6-1-3-7(4-2-6)17-11(14-15-16-17)8-5-9(8)12(19)20/h1-4,8-9H,5H2,(H2,13,18)(H,19,20). The van der Waals surface area contributed by atoms with Gasteiger partial charge in [0.25, 0.3) is 0 Å². The van der Waals surface area contributed by atoms with Crippen LogP contribution < -0.4 is 5.73 Å². The van der Waals surface area contributed by atoms with Gasteiger partial charge in [-0.1, -0.05) is 0 Å². The first-order chi connectivity index (χ1) is 9.58. The van der Waals surface area contributed by atoms with Crippen LogP contribution in [0.5, 0.6) is 0 Å². The summed E-state index contributed by atoms with van der Waals surface area (Å²) in [5.41, 5.74) is 6.22. The summed E-state index contributed by atoms with van der Waals surface area (Å²) in [5.74, 6) is -1.43. The number of nitrogens with two attached hydrogens (primary N) is 1. The predicted molar refractivity (Wildman–Crippen MR) is 66.2 cm³/mol. The molecule has 2 aromatic rings. The maximum Gasteiger partial charge on any atom is 0.307 e. The van der Waals surface area contributed by atoms with Crippen molar-refractivity contribution >= 4 is 11.9 Å². The Morgan fingerprint density at radius 2 is 2.00 bits per heavy atom. The van der Waals surface area contributed by atoms with Gasteiger partial charge in [-0.05, 0) is 41.1 Å². The second-order valence-electron chi connectivity index (χ2n) is 4.65. The van der Waals surface area contributed by atoms with Crippen LogP contribution in [0.1, 0.15) is 28.5 Å². The Kier molecular flexibility index (Phi) is 2.70. The van der Waals surface area contributed by atoms with E-state index >= 15 is 0 Å². The summed E-state index contributed by atoms with van der Waals surface area (Å²) in [4.78, 5) is 21.9. The summed E-state index contributed by atoms with van der Waals surface area (Å²) < 4.78 is 1.48. The summed E-state index contributed by atoms with van der Waals surface area (Å²) in [6.07, 6.45) is 0.537. The van der Waals surface area contributed by atoms with E-state index < -0.39 is 17.8 Å². The third-order valence-electron chi connectivity index (χ3n) is 3.33. The molecule has 1 saturated carbocycles. The minimum atomic E-state index is -0.839. The molecule has 1 fully saturated rings. The van der Waals surface area contributed by atoms with Crippen molar-refractivity contribution in [1.82, 2.24) is 20.2 Å². The molecule has 3 N–H and O–H groups in total. The van der Waals surface area contributed by atoms with Gasteiger partial charge in [0, 0.05) is 11.5 Å². The van der Waals surface area contributed by atoms with Crippen molar-refractivity contribution in [1.29, 1.82) is 0 Å². The van der Waals surface area contributed by atoms with Crippen LogP contribution in [0.25, 0.3) is 5.69 Å². The highest BCUT2D eigenvalue weighted by atomic mass is 16.4. The lowest BCUT2D eigenvalue weighted by atomic mass is 10.2. The van der Waals surface area contributed by atoms with E-state index in [2.05, 4.69) is 15.5 Å². The maximum absolute atomic E-state index is 11.0. The van der Waals surface area contributed by atoms with Gasteiger partial charge in [0.2, 0.25) is 5.91 Å². The number of rotatable bonds is 4. The molecule has 0 saturated heterocycles. The Balaban J connectivity index is 1.90. The molecule has 0 radical (unpaired) electrons. The minimum Gasteiger partial charge on any atom is -0.481 e. The molecule has 1 heterocycles. The third-order valence-corrected chi connectivity index (χ3v) is 3.33. The SMILES string of the molecule is NC(=O)c1ccc(-n2nnnc2C2CC2C(=O)O)cc1. The Labute approximate surface area is 113 Å². The molecule has 0 spiro atoms. The number of aliphatic carboxylic acids is 1. The minimum absolute atomic E-state index is 0.168. The predicted octanol–water partition coefficient (Wildman–Crippen LogP) is -0.0507. The third kappa shape index (κ3) is 2.00. The van der Waals surface area contributed by atoms with Gasteiger partial charge in [0.15, 0.2) is 5.82 Å². The van der Waals surface area contributed by atoms with Crippen LogP contribution in [-0.2, 0) is 4.79 Å². The van der Waals surface area contributed by atoms with E-state index in [1.54, 1.807) is 24.3 Å².